The number of aromatic nitrogens is 2. The van der Waals surface area contributed by atoms with Gasteiger partial charge in [-0.3, -0.25) is 14.3 Å². The number of hydrogen-bond acceptors (Lipinski definition) is 5. The van der Waals surface area contributed by atoms with E-state index in [1.165, 1.54) is 16.2 Å². The fourth-order valence-corrected chi connectivity index (χ4v) is 3.79. The van der Waals surface area contributed by atoms with E-state index in [9.17, 15) is 9.59 Å². The Balaban J connectivity index is 1.65. The molecule has 3 heterocycles. The number of para-hydroxylation sites is 1. The quantitative estimate of drug-likeness (QED) is 0.733. The van der Waals surface area contributed by atoms with Crippen molar-refractivity contribution in [2.45, 2.75) is 25.6 Å². The van der Waals surface area contributed by atoms with Gasteiger partial charge >= 0.3 is 5.69 Å². The Labute approximate surface area is 156 Å². The van der Waals surface area contributed by atoms with Crippen molar-refractivity contribution < 1.29 is 4.42 Å². The van der Waals surface area contributed by atoms with Crippen molar-refractivity contribution in [3.8, 4) is 0 Å². The minimum atomic E-state index is -0.310. The highest BCUT2D eigenvalue weighted by atomic mass is 16.3. The lowest BCUT2D eigenvalue weighted by molar-refractivity contribution is 0.175. The average molecular weight is 368 g/mol. The second-order valence-electron chi connectivity index (χ2n) is 7.21. The van der Waals surface area contributed by atoms with Gasteiger partial charge in [0.25, 0.3) is 5.56 Å². The second kappa shape index (κ2) is 7.17. The van der Waals surface area contributed by atoms with Gasteiger partial charge in [0.05, 0.1) is 6.54 Å². The van der Waals surface area contributed by atoms with E-state index in [1.54, 1.807) is 13.2 Å². The van der Waals surface area contributed by atoms with E-state index in [0.29, 0.717) is 24.7 Å². The van der Waals surface area contributed by atoms with E-state index in [-0.39, 0.29) is 11.2 Å². The number of rotatable bonds is 5. The summed E-state index contributed by atoms with van der Waals surface area (Å²) in [6.07, 6.45) is 2.67. The van der Waals surface area contributed by atoms with Crippen LogP contribution in [-0.4, -0.2) is 33.2 Å². The summed E-state index contributed by atoms with van der Waals surface area (Å²) in [5, 5.41) is 4.47. The Hall–Kier alpha value is -2.64. The van der Waals surface area contributed by atoms with Crippen LogP contribution in [0.15, 0.2) is 50.5 Å². The molecule has 1 saturated heterocycles. The van der Waals surface area contributed by atoms with Gasteiger partial charge in [0, 0.05) is 50.4 Å². The van der Waals surface area contributed by atoms with E-state index < -0.39 is 0 Å². The molecule has 1 aromatic carbocycles. The van der Waals surface area contributed by atoms with Gasteiger partial charge in [-0.25, -0.2) is 4.79 Å². The molecule has 4 rings (SSSR count). The largest absolute Gasteiger partial charge is 0.460 e. The molecule has 27 heavy (non-hydrogen) atoms. The van der Waals surface area contributed by atoms with Crippen LogP contribution in [0.5, 0.6) is 0 Å². The lowest BCUT2D eigenvalue weighted by Gasteiger charge is -2.27. The molecule has 1 aliphatic rings. The van der Waals surface area contributed by atoms with Gasteiger partial charge in [-0.15, -0.1) is 0 Å². The summed E-state index contributed by atoms with van der Waals surface area (Å²) >= 11 is 0. The molecule has 0 aliphatic carbocycles. The van der Waals surface area contributed by atoms with Crippen LogP contribution in [0.4, 0.5) is 0 Å². The fourth-order valence-electron chi connectivity index (χ4n) is 3.79. The summed E-state index contributed by atoms with van der Waals surface area (Å²) in [5.74, 6) is 0.879. The van der Waals surface area contributed by atoms with Gasteiger partial charge in [-0.1, -0.05) is 18.2 Å². The third kappa shape index (κ3) is 3.48. The highest BCUT2D eigenvalue weighted by Gasteiger charge is 2.25. The molecular formula is C20H24N4O3. The lowest BCUT2D eigenvalue weighted by Crippen LogP contribution is -2.42. The maximum Gasteiger partial charge on any atom is 0.330 e. The molecule has 2 aromatic heterocycles. The number of furan rings is 1. The first-order valence-electron chi connectivity index (χ1n) is 9.20. The first-order valence-corrected chi connectivity index (χ1v) is 9.20. The summed E-state index contributed by atoms with van der Waals surface area (Å²) in [7, 11) is 3.20. The van der Waals surface area contributed by atoms with Crippen LogP contribution in [0.1, 0.15) is 17.7 Å². The third-order valence-electron chi connectivity index (χ3n) is 5.28. The zero-order valence-corrected chi connectivity index (χ0v) is 15.6. The second-order valence-corrected chi connectivity index (χ2v) is 7.21. The topological polar surface area (TPSA) is 72.4 Å². The molecule has 142 valence electrons. The zero-order chi connectivity index (χ0) is 19.0. The minimum absolute atomic E-state index is 0.237. The first-order chi connectivity index (χ1) is 13.0. The van der Waals surface area contributed by atoms with Gasteiger partial charge in [0.15, 0.2) is 0 Å². The maximum absolute atomic E-state index is 12.6. The van der Waals surface area contributed by atoms with Crippen LogP contribution < -0.4 is 16.6 Å². The molecule has 1 aliphatic heterocycles. The van der Waals surface area contributed by atoms with Crippen molar-refractivity contribution in [2.75, 3.05) is 13.1 Å². The molecule has 0 bridgehead atoms. The van der Waals surface area contributed by atoms with Crippen LogP contribution >= 0.6 is 0 Å². The monoisotopic (exact) mass is 368 g/mol. The summed E-state index contributed by atoms with van der Waals surface area (Å²) in [5.41, 5.74) is 0.936. The van der Waals surface area contributed by atoms with E-state index in [2.05, 4.69) is 16.3 Å². The number of nitrogens with zero attached hydrogens (tertiary/aromatic N) is 3. The smallest absolute Gasteiger partial charge is 0.330 e. The summed E-state index contributed by atoms with van der Waals surface area (Å²) in [6.45, 7) is 2.94. The Morgan fingerprint density at radius 2 is 2.04 bits per heavy atom. The van der Waals surface area contributed by atoms with Crippen LogP contribution in [-0.2, 0) is 27.2 Å². The molecule has 1 N–H and O–H groups in total. The van der Waals surface area contributed by atoms with Gasteiger partial charge in [-0.05, 0) is 25.1 Å². The summed E-state index contributed by atoms with van der Waals surface area (Å²) in [6, 6.07) is 10.3. The SMILES string of the molecule is Cn1cc(CN(Cc2cc3ccccc3o2)[C@H]2CCNC2)c(=O)n(C)c1=O. The van der Waals surface area contributed by atoms with E-state index in [0.717, 1.165) is 36.2 Å². The zero-order valence-electron chi connectivity index (χ0n) is 15.6. The molecule has 0 saturated carbocycles. The van der Waals surface area contributed by atoms with Crippen molar-refractivity contribution in [1.82, 2.24) is 19.4 Å². The molecular weight excluding hydrogens is 344 g/mol. The van der Waals surface area contributed by atoms with Crippen molar-refractivity contribution in [2.24, 2.45) is 14.1 Å². The highest BCUT2D eigenvalue weighted by Crippen LogP contribution is 2.22. The van der Waals surface area contributed by atoms with E-state index >= 15 is 0 Å². The van der Waals surface area contributed by atoms with Crippen molar-refractivity contribution in [3.63, 3.8) is 0 Å². The summed E-state index contributed by atoms with van der Waals surface area (Å²) < 4.78 is 8.62. The molecule has 7 heteroatoms. The molecule has 1 fully saturated rings. The first kappa shape index (κ1) is 17.8. The van der Waals surface area contributed by atoms with Gasteiger partial charge in [0.1, 0.15) is 11.3 Å². The van der Waals surface area contributed by atoms with Crippen LogP contribution in [0, 0.1) is 0 Å². The molecule has 0 radical (unpaired) electrons. The van der Waals surface area contributed by atoms with Crippen LogP contribution in [0.2, 0.25) is 0 Å². The molecule has 0 amide bonds. The normalized spacial score (nSPS) is 17.2. The Morgan fingerprint density at radius 3 is 2.78 bits per heavy atom. The Bertz CT molecular complexity index is 1040. The highest BCUT2D eigenvalue weighted by molar-refractivity contribution is 5.77. The number of fused-ring (bicyclic) bond motifs is 1. The van der Waals surface area contributed by atoms with Gasteiger partial charge < -0.3 is 14.3 Å². The predicted octanol–water partition coefficient (Wildman–Crippen LogP) is 1.19. The van der Waals surface area contributed by atoms with E-state index in [4.69, 9.17) is 4.42 Å². The standard InChI is InChI=1S/C20H24N4O3/c1-22-11-15(19(25)23(2)20(22)26)12-24(16-7-8-21-10-16)13-17-9-14-5-3-4-6-18(14)27-17/h3-6,9,11,16,21H,7-8,10,12-13H2,1-2H3/t16-/m0/s1. The summed E-state index contributed by atoms with van der Waals surface area (Å²) in [4.78, 5) is 26.8. The van der Waals surface area contributed by atoms with E-state index in [1.807, 2.05) is 24.3 Å². The number of benzene rings is 1. The van der Waals surface area contributed by atoms with Gasteiger partial charge in [-0.2, -0.15) is 0 Å². The predicted molar refractivity (Wildman–Crippen MR) is 104 cm³/mol. The van der Waals surface area contributed by atoms with Crippen molar-refractivity contribution in [1.29, 1.82) is 0 Å². The Kier molecular flexibility index (Phi) is 4.72. The number of hydrogen-bond donors (Lipinski definition) is 1. The van der Waals surface area contributed by atoms with Crippen LogP contribution in [0.25, 0.3) is 11.0 Å². The number of aryl methyl sites for hydroxylation is 1. The van der Waals surface area contributed by atoms with Crippen LogP contribution in [0.3, 0.4) is 0 Å². The maximum atomic E-state index is 12.6. The minimum Gasteiger partial charge on any atom is -0.460 e. The number of nitrogens with one attached hydrogen (secondary N) is 1. The van der Waals surface area contributed by atoms with Crippen molar-refractivity contribution in [3.05, 3.63) is 68.7 Å². The molecule has 1 atom stereocenters. The lowest BCUT2D eigenvalue weighted by atomic mass is 10.1. The molecule has 0 spiro atoms. The third-order valence-corrected chi connectivity index (χ3v) is 5.28. The Morgan fingerprint density at radius 1 is 1.22 bits per heavy atom. The molecule has 7 nitrogen and oxygen atoms in total. The molecule has 0 unspecified atom stereocenters. The van der Waals surface area contributed by atoms with Gasteiger partial charge in [0.2, 0.25) is 0 Å². The fraction of sp³-hybridized carbons (Fsp3) is 0.400. The average Bonchev–Trinajstić information content (AvgIpc) is 3.32. The molecule has 3 aromatic rings. The van der Waals surface area contributed by atoms with Crippen molar-refractivity contribution >= 4 is 11.0 Å².